The molecule has 36 heavy (non-hydrogen) atoms. The van der Waals surface area contributed by atoms with E-state index < -0.39 is 6.04 Å². The number of terminal acetylenes is 1. The van der Waals surface area contributed by atoms with E-state index in [2.05, 4.69) is 47.8 Å². The molecule has 0 bridgehead atoms. The predicted octanol–water partition coefficient (Wildman–Crippen LogP) is 3.64. The molecule has 186 valence electrons. The van der Waals surface area contributed by atoms with Crippen LogP contribution in [0.25, 0.3) is 0 Å². The van der Waals surface area contributed by atoms with Crippen LogP contribution in [0.3, 0.4) is 0 Å². The quantitative estimate of drug-likeness (QED) is 0.283. The average Bonchev–Trinajstić information content (AvgIpc) is 2.84. The lowest BCUT2D eigenvalue weighted by atomic mass is 10.1. The van der Waals surface area contributed by atoms with Crippen LogP contribution in [0.15, 0.2) is 59.2 Å². The number of halogens is 1. The Labute approximate surface area is 218 Å². The Morgan fingerprint density at radius 2 is 1.89 bits per heavy atom. The van der Waals surface area contributed by atoms with E-state index in [1.165, 1.54) is 6.20 Å². The fourth-order valence-corrected chi connectivity index (χ4v) is 3.50. The van der Waals surface area contributed by atoms with Crippen molar-refractivity contribution in [2.75, 3.05) is 17.2 Å². The minimum Gasteiger partial charge on any atom is -0.464 e. The second kappa shape index (κ2) is 12.7. The Morgan fingerprint density at radius 3 is 2.58 bits per heavy atom. The topological polar surface area (TPSA) is 131 Å². The number of nitrogens with one attached hydrogen (secondary N) is 3. The largest absolute Gasteiger partial charge is 0.464 e. The zero-order valence-corrected chi connectivity index (χ0v) is 21.5. The van der Waals surface area contributed by atoms with Crippen LogP contribution < -0.4 is 26.4 Å². The van der Waals surface area contributed by atoms with Crippen molar-refractivity contribution >= 4 is 45.1 Å². The van der Waals surface area contributed by atoms with E-state index in [0.717, 1.165) is 5.56 Å². The van der Waals surface area contributed by atoms with Gasteiger partial charge in [-0.3, -0.25) is 9.59 Å². The standard InChI is InChI=1S/C26H27BrN6O3/c1-4-10-36-25-21(27)15-29-26(33-25)32-20-13-18(23(34)30-16(2)3)12-19(14-20)31-24(35)22(28)11-17-8-6-5-7-9-17/h1,5-9,12-16,22H,10-11,28H2,2-3H3,(H,30,34)(H,31,35)(H,29,32,33)/t22-/m1/s1. The Hall–Kier alpha value is -3.94. The minimum atomic E-state index is -0.775. The molecule has 0 spiro atoms. The summed E-state index contributed by atoms with van der Waals surface area (Å²) in [4.78, 5) is 34.1. The normalized spacial score (nSPS) is 11.3. The van der Waals surface area contributed by atoms with Crippen molar-refractivity contribution in [3.63, 3.8) is 0 Å². The Morgan fingerprint density at radius 1 is 1.17 bits per heavy atom. The van der Waals surface area contributed by atoms with Crippen molar-refractivity contribution in [2.45, 2.75) is 32.4 Å². The van der Waals surface area contributed by atoms with Crippen molar-refractivity contribution in [1.82, 2.24) is 15.3 Å². The van der Waals surface area contributed by atoms with Crippen LogP contribution in [0.5, 0.6) is 5.88 Å². The van der Waals surface area contributed by atoms with E-state index in [0.29, 0.717) is 27.8 Å². The van der Waals surface area contributed by atoms with Crippen molar-refractivity contribution < 1.29 is 14.3 Å². The summed E-state index contributed by atoms with van der Waals surface area (Å²) in [6, 6.07) is 13.5. The van der Waals surface area contributed by atoms with E-state index in [-0.39, 0.29) is 36.3 Å². The maximum Gasteiger partial charge on any atom is 0.251 e. The number of amides is 2. The average molecular weight is 551 g/mol. The summed E-state index contributed by atoms with van der Waals surface area (Å²) in [5.41, 5.74) is 8.28. The molecule has 2 aromatic carbocycles. The van der Waals surface area contributed by atoms with Gasteiger partial charge in [-0.2, -0.15) is 4.98 Å². The van der Waals surface area contributed by atoms with E-state index in [1.54, 1.807) is 18.2 Å². The first-order valence-corrected chi connectivity index (χ1v) is 12.0. The van der Waals surface area contributed by atoms with Gasteiger partial charge in [-0.25, -0.2) is 4.98 Å². The summed E-state index contributed by atoms with van der Waals surface area (Å²) in [6.07, 6.45) is 7.15. The molecule has 0 saturated carbocycles. The van der Waals surface area contributed by atoms with Crippen molar-refractivity contribution in [3.05, 3.63) is 70.3 Å². The van der Waals surface area contributed by atoms with Crippen molar-refractivity contribution in [2.24, 2.45) is 5.73 Å². The number of carbonyl (C=O) groups is 2. The van der Waals surface area contributed by atoms with Crippen LogP contribution in [0, 0.1) is 12.3 Å². The molecule has 5 N–H and O–H groups in total. The van der Waals surface area contributed by atoms with Crippen LogP contribution in [0.1, 0.15) is 29.8 Å². The third kappa shape index (κ3) is 7.80. The van der Waals surface area contributed by atoms with Gasteiger partial charge in [0.1, 0.15) is 0 Å². The molecular weight excluding hydrogens is 524 g/mol. The second-order valence-electron chi connectivity index (χ2n) is 8.18. The van der Waals surface area contributed by atoms with E-state index in [9.17, 15) is 9.59 Å². The Balaban J connectivity index is 1.85. The smallest absolute Gasteiger partial charge is 0.251 e. The number of nitrogens with zero attached hydrogens (tertiary/aromatic N) is 2. The maximum absolute atomic E-state index is 12.8. The number of benzene rings is 2. The third-order valence-corrected chi connectivity index (χ3v) is 5.32. The zero-order valence-electron chi connectivity index (χ0n) is 19.9. The SMILES string of the molecule is C#CCOc1nc(Nc2cc(NC(=O)[C@H](N)Cc3ccccc3)cc(C(=O)NC(C)C)c2)ncc1Br. The fraction of sp³-hybridized carbons (Fsp3) is 0.231. The zero-order chi connectivity index (χ0) is 26.1. The van der Waals surface area contributed by atoms with Gasteiger partial charge >= 0.3 is 0 Å². The van der Waals surface area contributed by atoms with Crippen LogP contribution in [0.4, 0.5) is 17.3 Å². The van der Waals surface area contributed by atoms with Crippen LogP contribution in [0.2, 0.25) is 0 Å². The van der Waals surface area contributed by atoms with Crippen LogP contribution in [-0.2, 0) is 11.2 Å². The Bertz CT molecular complexity index is 1260. The summed E-state index contributed by atoms with van der Waals surface area (Å²) < 4.78 is 5.95. The summed E-state index contributed by atoms with van der Waals surface area (Å²) in [6.45, 7) is 3.76. The van der Waals surface area contributed by atoms with Gasteiger partial charge in [-0.1, -0.05) is 36.3 Å². The molecule has 0 unspecified atom stereocenters. The number of aromatic nitrogens is 2. The molecule has 0 radical (unpaired) electrons. The first kappa shape index (κ1) is 26.7. The molecule has 1 atom stereocenters. The number of carbonyl (C=O) groups excluding carboxylic acids is 2. The Kier molecular flexibility index (Phi) is 9.39. The van der Waals surface area contributed by atoms with Gasteiger partial charge < -0.3 is 26.4 Å². The molecule has 1 heterocycles. The summed E-state index contributed by atoms with van der Waals surface area (Å²) in [5, 5.41) is 8.69. The highest BCUT2D eigenvalue weighted by Crippen LogP contribution is 2.26. The van der Waals surface area contributed by atoms with Crippen LogP contribution in [-0.4, -0.2) is 40.5 Å². The third-order valence-electron chi connectivity index (χ3n) is 4.78. The first-order chi connectivity index (χ1) is 17.2. The number of nitrogens with two attached hydrogens (primary N) is 1. The first-order valence-electron chi connectivity index (χ1n) is 11.2. The van der Waals surface area contributed by atoms with Gasteiger partial charge in [0.25, 0.3) is 5.91 Å². The highest BCUT2D eigenvalue weighted by molar-refractivity contribution is 9.10. The highest BCUT2D eigenvalue weighted by atomic mass is 79.9. The maximum atomic E-state index is 12.8. The summed E-state index contributed by atoms with van der Waals surface area (Å²) in [5.74, 6) is 2.18. The number of rotatable bonds is 10. The molecule has 3 rings (SSSR count). The summed E-state index contributed by atoms with van der Waals surface area (Å²) >= 11 is 3.32. The molecule has 1 aromatic heterocycles. The van der Waals surface area contributed by atoms with E-state index >= 15 is 0 Å². The lowest BCUT2D eigenvalue weighted by molar-refractivity contribution is -0.117. The van der Waals surface area contributed by atoms with Crippen molar-refractivity contribution in [3.8, 4) is 18.2 Å². The molecule has 0 fully saturated rings. The van der Waals surface area contributed by atoms with Gasteiger partial charge in [0, 0.05) is 23.0 Å². The molecule has 0 aliphatic carbocycles. The number of hydrogen-bond acceptors (Lipinski definition) is 7. The van der Waals surface area contributed by atoms with Crippen LogP contribution >= 0.6 is 15.9 Å². The summed E-state index contributed by atoms with van der Waals surface area (Å²) in [7, 11) is 0. The molecule has 2 amide bonds. The monoisotopic (exact) mass is 550 g/mol. The van der Waals surface area contributed by atoms with Gasteiger partial charge in [-0.15, -0.1) is 6.42 Å². The number of anilines is 3. The van der Waals surface area contributed by atoms with Gasteiger partial charge in [0.15, 0.2) is 6.61 Å². The highest BCUT2D eigenvalue weighted by Gasteiger charge is 2.17. The minimum absolute atomic E-state index is 0.0410. The molecule has 0 aliphatic rings. The van der Waals surface area contributed by atoms with Gasteiger partial charge in [0.2, 0.25) is 17.7 Å². The number of hydrogen-bond donors (Lipinski definition) is 4. The molecule has 0 saturated heterocycles. The lowest BCUT2D eigenvalue weighted by Gasteiger charge is -2.16. The van der Waals surface area contributed by atoms with Gasteiger partial charge in [-0.05, 0) is 60.0 Å². The molecule has 0 aliphatic heterocycles. The fourth-order valence-electron chi connectivity index (χ4n) is 3.20. The van der Waals surface area contributed by atoms with Gasteiger partial charge in [0.05, 0.1) is 16.7 Å². The second-order valence-corrected chi connectivity index (χ2v) is 9.03. The molecule has 10 heteroatoms. The molecular formula is C26H27BrN6O3. The lowest BCUT2D eigenvalue weighted by Crippen LogP contribution is -2.37. The number of ether oxygens (including phenoxy) is 1. The van der Waals surface area contributed by atoms with E-state index in [4.69, 9.17) is 16.9 Å². The molecule has 3 aromatic rings. The molecule has 9 nitrogen and oxygen atoms in total. The predicted molar refractivity (Wildman–Crippen MR) is 143 cm³/mol. The van der Waals surface area contributed by atoms with Crippen molar-refractivity contribution in [1.29, 1.82) is 0 Å². The van der Waals surface area contributed by atoms with E-state index in [1.807, 2.05) is 44.2 Å².